The topological polar surface area (TPSA) is 18.5 Å². The minimum absolute atomic E-state index is 0.0989. The molecule has 0 amide bonds. The zero-order chi connectivity index (χ0) is 9.23. The van der Waals surface area contributed by atoms with Crippen LogP contribution in [-0.2, 0) is 9.47 Å². The SMILES string of the molecule is [CH2]C(CCOCCC)OCCC. The summed E-state index contributed by atoms with van der Waals surface area (Å²) in [6.45, 7) is 10.5. The van der Waals surface area contributed by atoms with Crippen molar-refractivity contribution in [1.29, 1.82) is 0 Å². The molecule has 0 rings (SSSR count). The van der Waals surface area contributed by atoms with E-state index < -0.39 is 0 Å². The molecule has 0 aliphatic heterocycles. The van der Waals surface area contributed by atoms with Crippen LogP contribution in [0.25, 0.3) is 0 Å². The molecule has 12 heavy (non-hydrogen) atoms. The van der Waals surface area contributed by atoms with Gasteiger partial charge < -0.3 is 9.47 Å². The summed E-state index contributed by atoms with van der Waals surface area (Å²) in [7, 11) is 0. The van der Waals surface area contributed by atoms with Crippen molar-refractivity contribution in [3.63, 3.8) is 0 Å². The molecule has 2 heteroatoms. The van der Waals surface area contributed by atoms with Gasteiger partial charge in [-0.2, -0.15) is 0 Å². The second-order valence-corrected chi connectivity index (χ2v) is 2.89. The molecule has 0 spiro atoms. The van der Waals surface area contributed by atoms with Gasteiger partial charge in [0, 0.05) is 19.8 Å². The molecule has 0 N–H and O–H groups in total. The van der Waals surface area contributed by atoms with Crippen LogP contribution in [-0.4, -0.2) is 25.9 Å². The first kappa shape index (κ1) is 11.9. The zero-order valence-electron chi connectivity index (χ0n) is 8.34. The van der Waals surface area contributed by atoms with Crippen LogP contribution in [0.4, 0.5) is 0 Å². The van der Waals surface area contributed by atoms with Crippen molar-refractivity contribution < 1.29 is 9.47 Å². The van der Waals surface area contributed by atoms with Gasteiger partial charge in [0.2, 0.25) is 0 Å². The minimum atomic E-state index is 0.0989. The fourth-order valence-electron chi connectivity index (χ4n) is 0.829. The predicted octanol–water partition coefficient (Wildman–Crippen LogP) is 2.43. The number of ether oxygens (including phenoxy) is 2. The molecule has 0 saturated carbocycles. The van der Waals surface area contributed by atoms with E-state index in [1.165, 1.54) is 0 Å². The fourth-order valence-corrected chi connectivity index (χ4v) is 0.829. The average Bonchev–Trinajstić information content (AvgIpc) is 2.09. The predicted molar refractivity (Wildman–Crippen MR) is 51.1 cm³/mol. The largest absolute Gasteiger partial charge is 0.381 e. The van der Waals surface area contributed by atoms with Crippen molar-refractivity contribution in [2.24, 2.45) is 0 Å². The van der Waals surface area contributed by atoms with E-state index in [0.717, 1.165) is 39.1 Å². The first-order chi connectivity index (χ1) is 5.81. The third-order valence-electron chi connectivity index (χ3n) is 1.49. The van der Waals surface area contributed by atoms with E-state index in [9.17, 15) is 0 Å². The van der Waals surface area contributed by atoms with Crippen LogP contribution in [0.15, 0.2) is 0 Å². The quantitative estimate of drug-likeness (QED) is 0.525. The van der Waals surface area contributed by atoms with Crippen LogP contribution in [0.1, 0.15) is 33.1 Å². The van der Waals surface area contributed by atoms with Crippen LogP contribution in [0, 0.1) is 6.92 Å². The van der Waals surface area contributed by atoms with Crippen molar-refractivity contribution in [2.75, 3.05) is 19.8 Å². The summed E-state index contributed by atoms with van der Waals surface area (Å²) in [5.74, 6) is 0. The van der Waals surface area contributed by atoms with E-state index in [-0.39, 0.29) is 6.10 Å². The Balaban J connectivity index is 3.02. The zero-order valence-corrected chi connectivity index (χ0v) is 8.34. The third-order valence-corrected chi connectivity index (χ3v) is 1.49. The highest BCUT2D eigenvalue weighted by atomic mass is 16.5. The number of hydrogen-bond acceptors (Lipinski definition) is 2. The molecule has 2 nitrogen and oxygen atoms in total. The second kappa shape index (κ2) is 9.01. The Kier molecular flexibility index (Phi) is 8.95. The van der Waals surface area contributed by atoms with E-state index in [4.69, 9.17) is 9.47 Å². The van der Waals surface area contributed by atoms with Gasteiger partial charge in [-0.05, 0) is 26.2 Å². The van der Waals surface area contributed by atoms with E-state index in [1.54, 1.807) is 0 Å². The van der Waals surface area contributed by atoms with Gasteiger partial charge in [-0.3, -0.25) is 0 Å². The Morgan fingerprint density at radius 2 is 1.75 bits per heavy atom. The van der Waals surface area contributed by atoms with Crippen LogP contribution in [0.3, 0.4) is 0 Å². The Morgan fingerprint density at radius 3 is 2.33 bits per heavy atom. The van der Waals surface area contributed by atoms with Crippen molar-refractivity contribution in [3.8, 4) is 0 Å². The van der Waals surface area contributed by atoms with Crippen molar-refractivity contribution in [3.05, 3.63) is 6.92 Å². The van der Waals surface area contributed by atoms with Gasteiger partial charge in [0.1, 0.15) is 0 Å². The third kappa shape index (κ3) is 8.02. The maximum atomic E-state index is 5.38. The first-order valence-electron chi connectivity index (χ1n) is 4.83. The Labute approximate surface area is 76.3 Å². The molecule has 0 bridgehead atoms. The molecule has 73 valence electrons. The number of hydrogen-bond donors (Lipinski definition) is 0. The maximum absolute atomic E-state index is 5.38. The molecule has 0 aliphatic rings. The van der Waals surface area contributed by atoms with Gasteiger partial charge in [-0.15, -0.1) is 0 Å². The number of rotatable bonds is 8. The summed E-state index contributed by atoms with van der Waals surface area (Å²) in [6.07, 6.45) is 3.14. The molecular weight excluding hydrogens is 152 g/mol. The van der Waals surface area contributed by atoms with Crippen molar-refractivity contribution in [2.45, 2.75) is 39.2 Å². The summed E-state index contributed by atoms with van der Waals surface area (Å²) in [4.78, 5) is 0. The van der Waals surface area contributed by atoms with E-state index in [2.05, 4.69) is 20.8 Å². The molecule has 0 fully saturated rings. The highest BCUT2D eigenvalue weighted by Crippen LogP contribution is 1.98. The van der Waals surface area contributed by atoms with Crippen molar-refractivity contribution >= 4 is 0 Å². The lowest BCUT2D eigenvalue weighted by Crippen LogP contribution is -2.12. The Hall–Kier alpha value is -0.0800. The summed E-state index contributed by atoms with van der Waals surface area (Å²) >= 11 is 0. The standard InChI is InChI=1S/C10H21O2/c1-4-7-11-9-6-10(3)12-8-5-2/h10H,3-9H2,1-2H3. The highest BCUT2D eigenvalue weighted by molar-refractivity contribution is 4.58. The van der Waals surface area contributed by atoms with Gasteiger partial charge in [0.05, 0.1) is 6.10 Å². The monoisotopic (exact) mass is 173 g/mol. The van der Waals surface area contributed by atoms with Gasteiger partial charge in [-0.25, -0.2) is 0 Å². The van der Waals surface area contributed by atoms with Gasteiger partial charge in [0.25, 0.3) is 0 Å². The first-order valence-corrected chi connectivity index (χ1v) is 4.83. The summed E-state index contributed by atoms with van der Waals surface area (Å²) in [6, 6.07) is 0. The van der Waals surface area contributed by atoms with Gasteiger partial charge in [0.15, 0.2) is 0 Å². The molecule has 0 aromatic heterocycles. The smallest absolute Gasteiger partial charge is 0.0598 e. The molecule has 0 heterocycles. The fraction of sp³-hybridized carbons (Fsp3) is 0.900. The van der Waals surface area contributed by atoms with Crippen LogP contribution in [0.2, 0.25) is 0 Å². The Bertz CT molecular complexity index is 83.9. The molecule has 1 unspecified atom stereocenters. The van der Waals surface area contributed by atoms with Crippen LogP contribution < -0.4 is 0 Å². The highest BCUT2D eigenvalue weighted by Gasteiger charge is 2.00. The molecule has 1 atom stereocenters. The lowest BCUT2D eigenvalue weighted by molar-refractivity contribution is 0.0455. The van der Waals surface area contributed by atoms with Gasteiger partial charge >= 0.3 is 0 Å². The lowest BCUT2D eigenvalue weighted by Gasteiger charge is -2.11. The van der Waals surface area contributed by atoms with Crippen LogP contribution >= 0.6 is 0 Å². The summed E-state index contributed by atoms with van der Waals surface area (Å²) < 4.78 is 10.7. The van der Waals surface area contributed by atoms with Crippen LogP contribution in [0.5, 0.6) is 0 Å². The molecule has 0 aromatic rings. The van der Waals surface area contributed by atoms with Gasteiger partial charge in [-0.1, -0.05) is 13.8 Å². The average molecular weight is 173 g/mol. The normalized spacial score (nSPS) is 13.2. The van der Waals surface area contributed by atoms with E-state index >= 15 is 0 Å². The summed E-state index contributed by atoms with van der Waals surface area (Å²) in [5.41, 5.74) is 0. The minimum Gasteiger partial charge on any atom is -0.381 e. The molecule has 0 aliphatic carbocycles. The summed E-state index contributed by atoms with van der Waals surface area (Å²) in [5, 5.41) is 0. The molecule has 1 radical (unpaired) electrons. The molecule has 0 aromatic carbocycles. The molecular formula is C10H21O2. The van der Waals surface area contributed by atoms with E-state index in [1.807, 2.05) is 0 Å². The van der Waals surface area contributed by atoms with Crippen molar-refractivity contribution in [1.82, 2.24) is 0 Å². The Morgan fingerprint density at radius 1 is 1.08 bits per heavy atom. The maximum Gasteiger partial charge on any atom is 0.0598 e. The van der Waals surface area contributed by atoms with E-state index in [0.29, 0.717) is 0 Å². The lowest BCUT2D eigenvalue weighted by atomic mass is 10.3. The second-order valence-electron chi connectivity index (χ2n) is 2.89. The molecule has 0 saturated heterocycles.